The summed E-state index contributed by atoms with van der Waals surface area (Å²) >= 11 is 0. The van der Waals surface area contributed by atoms with Crippen molar-refractivity contribution in [3.8, 4) is 16.8 Å². The molecule has 0 amide bonds. The first kappa shape index (κ1) is 29.7. The molecule has 0 unspecified atom stereocenters. The third kappa shape index (κ3) is 4.64. The van der Waals surface area contributed by atoms with Crippen LogP contribution in [0.25, 0.3) is 60.6 Å². The fraction of sp³-hybridized carbons (Fsp3) is 0. The molecule has 8 aromatic carbocycles. The monoisotopic (exact) mass is 677 g/mol. The summed E-state index contributed by atoms with van der Waals surface area (Å²) in [5, 5.41) is 8.51. The Morgan fingerprint density at radius 3 is 1.94 bits per heavy atom. The number of fused-ring (bicyclic) bond motifs is 8. The van der Waals surface area contributed by atoms with Crippen molar-refractivity contribution in [1.82, 2.24) is 4.57 Å². The van der Waals surface area contributed by atoms with E-state index in [0.717, 1.165) is 63.2 Å². The minimum Gasteiger partial charge on any atom is -0.456 e. The van der Waals surface area contributed by atoms with E-state index in [1.165, 1.54) is 44.0 Å². The van der Waals surface area contributed by atoms with Gasteiger partial charge in [0.2, 0.25) is 0 Å². The summed E-state index contributed by atoms with van der Waals surface area (Å²) in [6, 6.07) is 65.0. The van der Waals surface area contributed by atoms with Crippen molar-refractivity contribution >= 4 is 90.4 Å². The van der Waals surface area contributed by atoms with E-state index in [-0.39, 0.29) is 0 Å². The van der Waals surface area contributed by atoms with Crippen LogP contribution in [0.4, 0.5) is 28.4 Å². The number of nitrogens with one attached hydrogen (secondary N) is 1. The first-order chi connectivity index (χ1) is 26.3. The molecule has 2 aromatic heterocycles. The lowest BCUT2D eigenvalue weighted by Crippen LogP contribution is -2.37. The van der Waals surface area contributed by atoms with E-state index >= 15 is 0 Å². The highest BCUT2D eigenvalue weighted by Gasteiger charge is 2.30. The Bertz CT molecular complexity index is 2960. The van der Waals surface area contributed by atoms with E-state index in [1.54, 1.807) is 0 Å². The van der Waals surface area contributed by atoms with Crippen molar-refractivity contribution < 1.29 is 4.42 Å². The van der Waals surface area contributed by atoms with Gasteiger partial charge in [0, 0.05) is 55.9 Å². The quantitative estimate of drug-likeness (QED) is 0.178. The van der Waals surface area contributed by atoms with Crippen LogP contribution in [-0.4, -0.2) is 11.8 Å². The molecule has 0 aliphatic carbocycles. The molecule has 0 saturated heterocycles. The van der Waals surface area contributed by atoms with Gasteiger partial charge in [-0.25, -0.2) is 0 Å². The predicted octanol–water partition coefficient (Wildman–Crippen LogP) is 11.3. The van der Waals surface area contributed by atoms with Crippen LogP contribution in [0, 0.1) is 0 Å². The molecule has 0 spiro atoms. The Morgan fingerprint density at radius 1 is 0.528 bits per heavy atom. The van der Waals surface area contributed by atoms with E-state index < -0.39 is 0 Å². The molecular formula is C48H32BN3O. The lowest BCUT2D eigenvalue weighted by molar-refractivity contribution is 0.669. The number of aromatic nitrogens is 1. The number of anilines is 5. The van der Waals surface area contributed by atoms with Crippen molar-refractivity contribution in [2.24, 2.45) is 0 Å². The summed E-state index contributed by atoms with van der Waals surface area (Å²) in [5.74, 6) is 0. The number of benzene rings is 8. The van der Waals surface area contributed by atoms with Gasteiger partial charge in [0.25, 0.3) is 0 Å². The van der Waals surface area contributed by atoms with Crippen molar-refractivity contribution in [3.63, 3.8) is 0 Å². The van der Waals surface area contributed by atoms with Gasteiger partial charge in [-0.2, -0.15) is 0 Å². The molecule has 1 N–H and O–H groups in total. The maximum atomic E-state index is 6.49. The molecule has 53 heavy (non-hydrogen) atoms. The number of hydrogen-bond acceptors (Lipinski definition) is 3. The van der Waals surface area contributed by atoms with Crippen LogP contribution >= 0.6 is 0 Å². The van der Waals surface area contributed by atoms with Crippen molar-refractivity contribution in [3.05, 3.63) is 182 Å². The highest BCUT2D eigenvalue weighted by molar-refractivity contribution is 6.73. The van der Waals surface area contributed by atoms with Gasteiger partial charge in [-0.1, -0.05) is 115 Å². The molecule has 1 aliphatic heterocycles. The Kier molecular flexibility index (Phi) is 6.61. The summed E-state index contributed by atoms with van der Waals surface area (Å²) < 4.78 is 9.00. The van der Waals surface area contributed by atoms with Crippen molar-refractivity contribution in [2.45, 2.75) is 0 Å². The van der Waals surface area contributed by atoms with Gasteiger partial charge in [0.05, 0.1) is 22.4 Å². The number of furan rings is 1. The Balaban J connectivity index is 1.32. The highest BCUT2D eigenvalue weighted by Crippen LogP contribution is 2.47. The van der Waals surface area contributed by atoms with Crippen molar-refractivity contribution in [1.29, 1.82) is 0 Å². The van der Waals surface area contributed by atoms with E-state index in [9.17, 15) is 0 Å². The largest absolute Gasteiger partial charge is 0.456 e. The second-order valence-corrected chi connectivity index (χ2v) is 13.8. The zero-order chi connectivity index (χ0) is 34.9. The highest BCUT2D eigenvalue weighted by atomic mass is 16.3. The van der Waals surface area contributed by atoms with Crippen LogP contribution in [0.3, 0.4) is 0 Å². The first-order valence-corrected chi connectivity index (χ1v) is 18.2. The van der Waals surface area contributed by atoms with Gasteiger partial charge in [-0.15, -0.1) is 0 Å². The molecule has 0 saturated carbocycles. The average Bonchev–Trinajstić information content (AvgIpc) is 3.76. The number of rotatable bonds is 6. The molecule has 0 fully saturated rings. The van der Waals surface area contributed by atoms with Crippen LogP contribution in [0.5, 0.6) is 0 Å². The Labute approximate surface area is 307 Å². The lowest BCUT2D eigenvalue weighted by atomic mass is 9.59. The maximum absolute atomic E-state index is 6.49. The van der Waals surface area contributed by atoms with Gasteiger partial charge >= 0.3 is 0 Å². The average molecular weight is 678 g/mol. The van der Waals surface area contributed by atoms with Crippen LogP contribution in [0.2, 0.25) is 0 Å². The van der Waals surface area contributed by atoms with Crippen molar-refractivity contribution in [2.75, 3.05) is 10.2 Å². The molecule has 4 nitrogen and oxygen atoms in total. The molecule has 0 bridgehead atoms. The minimum atomic E-state index is 0.810. The standard InChI is InChI=1S/C48H32BN3O/c1-4-16-31(17-5-1)50-40-30-45-37(34-22-11-15-27-44(34)53-45)28-36(40)38-29-43(51(32-18-6-2-7-19-32)33-20-8-3-9-21-33)46-35-23-10-13-25-41(35)52-42-26-14-12-24-39(42)49-47(38)48(46)52/h1-30,49-50H. The second-order valence-electron chi connectivity index (χ2n) is 13.8. The number of nitrogens with zero attached hydrogens (tertiary/aromatic N) is 2. The third-order valence-corrected chi connectivity index (χ3v) is 10.8. The van der Waals surface area contributed by atoms with Gasteiger partial charge in [0.1, 0.15) is 11.2 Å². The van der Waals surface area contributed by atoms with E-state index in [0.29, 0.717) is 0 Å². The van der Waals surface area contributed by atoms with Crippen LogP contribution in [0.1, 0.15) is 0 Å². The summed E-state index contributed by atoms with van der Waals surface area (Å²) in [7, 11) is 0.810. The summed E-state index contributed by atoms with van der Waals surface area (Å²) in [6.07, 6.45) is 0. The molecule has 3 heterocycles. The fourth-order valence-electron chi connectivity index (χ4n) is 8.48. The van der Waals surface area contributed by atoms with E-state index in [1.807, 2.05) is 6.07 Å². The van der Waals surface area contributed by atoms with E-state index in [4.69, 9.17) is 4.42 Å². The molecule has 10 aromatic rings. The zero-order valence-corrected chi connectivity index (χ0v) is 28.8. The Morgan fingerprint density at radius 2 is 1.17 bits per heavy atom. The normalized spacial score (nSPS) is 11.9. The van der Waals surface area contributed by atoms with E-state index in [2.05, 4.69) is 191 Å². The van der Waals surface area contributed by atoms with Crippen LogP contribution in [0.15, 0.2) is 186 Å². The van der Waals surface area contributed by atoms with Crippen LogP contribution in [-0.2, 0) is 0 Å². The predicted molar refractivity (Wildman–Crippen MR) is 224 cm³/mol. The van der Waals surface area contributed by atoms with Gasteiger partial charge < -0.3 is 19.2 Å². The van der Waals surface area contributed by atoms with Crippen LogP contribution < -0.4 is 21.1 Å². The van der Waals surface area contributed by atoms with Gasteiger partial charge in [-0.05, 0) is 77.8 Å². The third-order valence-electron chi connectivity index (χ3n) is 10.8. The number of hydrogen-bond donors (Lipinski definition) is 1. The molecule has 248 valence electrons. The smallest absolute Gasteiger partial charge is 0.198 e. The first-order valence-electron chi connectivity index (χ1n) is 18.2. The van der Waals surface area contributed by atoms with Gasteiger partial charge in [-0.3, -0.25) is 0 Å². The second kappa shape index (κ2) is 11.8. The summed E-state index contributed by atoms with van der Waals surface area (Å²) in [6.45, 7) is 0. The minimum absolute atomic E-state index is 0.810. The topological polar surface area (TPSA) is 33.3 Å². The molecule has 0 atom stereocenters. The van der Waals surface area contributed by atoms with Gasteiger partial charge in [0.15, 0.2) is 7.28 Å². The fourth-order valence-corrected chi connectivity index (χ4v) is 8.48. The SMILES string of the molecule is B1c2ccccc2-n2c3ccccc3c3c(N(c4ccccc4)c4ccccc4)cc(-c4cc5c(cc4Nc4ccccc4)oc4ccccc45)c1c32. The molecule has 1 aliphatic rings. The molecule has 0 radical (unpaired) electrons. The molecular weight excluding hydrogens is 645 g/mol. The lowest BCUT2D eigenvalue weighted by Gasteiger charge is -2.30. The summed E-state index contributed by atoms with van der Waals surface area (Å²) in [4.78, 5) is 2.43. The molecule has 11 rings (SSSR count). The maximum Gasteiger partial charge on any atom is 0.198 e. The zero-order valence-electron chi connectivity index (χ0n) is 28.8. The summed E-state index contributed by atoms with van der Waals surface area (Å²) in [5.41, 5.74) is 15.7. The number of para-hydroxylation sites is 6. The molecule has 5 heteroatoms. The Hall–Kier alpha value is -6.98.